The van der Waals surface area contributed by atoms with Gasteiger partial charge in [0, 0.05) is 25.7 Å². The summed E-state index contributed by atoms with van der Waals surface area (Å²) in [7, 11) is 3.35. The molecule has 1 saturated heterocycles. The van der Waals surface area contributed by atoms with Crippen LogP contribution in [-0.2, 0) is 9.59 Å². The second-order valence-electron chi connectivity index (χ2n) is 5.31. The van der Waals surface area contributed by atoms with Crippen molar-refractivity contribution < 1.29 is 14.3 Å². The summed E-state index contributed by atoms with van der Waals surface area (Å²) in [4.78, 5) is 25.2. The number of nitrogens with one attached hydrogen (secondary N) is 1. The molecule has 5 heteroatoms. The Kier molecular flexibility index (Phi) is 3.97. The summed E-state index contributed by atoms with van der Waals surface area (Å²) in [5.41, 5.74) is 2.69. The fraction of sp³-hybridized carbons (Fsp3) is 0.467. The van der Waals surface area contributed by atoms with Gasteiger partial charge in [0.1, 0.15) is 5.75 Å². The van der Waals surface area contributed by atoms with Crippen LogP contribution in [0, 0.1) is 19.8 Å². The van der Waals surface area contributed by atoms with Gasteiger partial charge in [0.05, 0.1) is 13.0 Å². The Morgan fingerprint density at radius 2 is 1.95 bits per heavy atom. The van der Waals surface area contributed by atoms with E-state index >= 15 is 0 Å². The number of nitrogens with zero attached hydrogens (tertiary/aromatic N) is 1. The summed E-state index contributed by atoms with van der Waals surface area (Å²) in [5.74, 6) is 0.480. The lowest BCUT2D eigenvalue weighted by molar-refractivity contribution is -0.127. The lowest BCUT2D eigenvalue weighted by Crippen LogP contribution is -2.25. The number of hydrogen-bond acceptors (Lipinski definition) is 3. The van der Waals surface area contributed by atoms with Gasteiger partial charge in [0.2, 0.25) is 11.8 Å². The van der Waals surface area contributed by atoms with Crippen LogP contribution in [-0.4, -0.2) is 37.4 Å². The van der Waals surface area contributed by atoms with Crippen LogP contribution in [0.5, 0.6) is 5.75 Å². The Morgan fingerprint density at radius 1 is 1.35 bits per heavy atom. The first-order valence-electron chi connectivity index (χ1n) is 6.62. The van der Waals surface area contributed by atoms with Crippen LogP contribution in [0.3, 0.4) is 0 Å². The van der Waals surface area contributed by atoms with Gasteiger partial charge in [-0.3, -0.25) is 9.59 Å². The molecule has 0 saturated carbocycles. The van der Waals surface area contributed by atoms with Gasteiger partial charge in [-0.1, -0.05) is 0 Å². The SMILES string of the molecule is COc1c(C)cc(NC(=O)[C@H]2CC(=O)N(C)C2)cc1C. The van der Waals surface area contributed by atoms with Crippen molar-refractivity contribution in [3.8, 4) is 5.75 Å². The van der Waals surface area contributed by atoms with Gasteiger partial charge >= 0.3 is 0 Å². The number of carbonyl (C=O) groups is 2. The fourth-order valence-electron chi connectivity index (χ4n) is 2.63. The van der Waals surface area contributed by atoms with Crippen molar-refractivity contribution in [2.75, 3.05) is 26.0 Å². The molecule has 108 valence electrons. The zero-order valence-corrected chi connectivity index (χ0v) is 12.3. The molecule has 0 aromatic heterocycles. The molecule has 0 spiro atoms. The molecule has 0 aliphatic carbocycles. The first-order chi connectivity index (χ1) is 9.42. The Labute approximate surface area is 118 Å². The van der Waals surface area contributed by atoms with Crippen LogP contribution >= 0.6 is 0 Å². The third-order valence-electron chi connectivity index (χ3n) is 3.64. The van der Waals surface area contributed by atoms with E-state index in [-0.39, 0.29) is 24.2 Å². The third kappa shape index (κ3) is 2.76. The number of aryl methyl sites for hydroxylation is 2. The molecular formula is C15H20N2O3. The van der Waals surface area contributed by atoms with Crippen LogP contribution in [0.25, 0.3) is 0 Å². The topological polar surface area (TPSA) is 58.6 Å². The minimum absolute atomic E-state index is 0.0206. The summed E-state index contributed by atoms with van der Waals surface area (Å²) in [6, 6.07) is 3.76. The van der Waals surface area contributed by atoms with Gasteiger partial charge in [0.15, 0.2) is 0 Å². The molecule has 2 amide bonds. The molecule has 1 aromatic carbocycles. The van der Waals surface area contributed by atoms with Crippen molar-refractivity contribution in [1.29, 1.82) is 0 Å². The maximum Gasteiger partial charge on any atom is 0.229 e. The number of benzene rings is 1. The fourth-order valence-corrected chi connectivity index (χ4v) is 2.63. The average Bonchev–Trinajstić information content (AvgIpc) is 2.69. The number of hydrogen-bond donors (Lipinski definition) is 1. The number of anilines is 1. The molecule has 1 aliphatic rings. The molecule has 1 aliphatic heterocycles. The first kappa shape index (κ1) is 14.4. The molecule has 0 unspecified atom stereocenters. The van der Waals surface area contributed by atoms with Crippen molar-refractivity contribution in [3.05, 3.63) is 23.3 Å². The summed E-state index contributed by atoms with van der Waals surface area (Å²) in [6.45, 7) is 4.36. The van der Waals surface area contributed by atoms with Gasteiger partial charge in [-0.15, -0.1) is 0 Å². The van der Waals surface area contributed by atoms with Crippen LogP contribution < -0.4 is 10.1 Å². The van der Waals surface area contributed by atoms with Gasteiger partial charge in [-0.2, -0.15) is 0 Å². The van der Waals surface area contributed by atoms with E-state index in [1.807, 2.05) is 26.0 Å². The minimum Gasteiger partial charge on any atom is -0.496 e. The van der Waals surface area contributed by atoms with Crippen LogP contribution in [0.4, 0.5) is 5.69 Å². The Morgan fingerprint density at radius 3 is 2.40 bits per heavy atom. The van der Waals surface area contributed by atoms with Gasteiger partial charge in [-0.25, -0.2) is 0 Å². The summed E-state index contributed by atoms with van der Waals surface area (Å²) in [5, 5.41) is 2.88. The number of carbonyl (C=O) groups excluding carboxylic acids is 2. The maximum atomic E-state index is 12.2. The second-order valence-corrected chi connectivity index (χ2v) is 5.31. The quantitative estimate of drug-likeness (QED) is 0.914. The monoisotopic (exact) mass is 276 g/mol. The zero-order valence-electron chi connectivity index (χ0n) is 12.3. The van der Waals surface area contributed by atoms with Gasteiger partial charge < -0.3 is 15.0 Å². The van der Waals surface area contributed by atoms with E-state index in [1.165, 1.54) is 0 Å². The molecule has 5 nitrogen and oxygen atoms in total. The van der Waals surface area contributed by atoms with E-state index in [0.717, 1.165) is 22.6 Å². The number of rotatable bonds is 3. The Bertz CT molecular complexity index is 531. The third-order valence-corrected chi connectivity index (χ3v) is 3.64. The van der Waals surface area contributed by atoms with E-state index in [1.54, 1.807) is 19.1 Å². The summed E-state index contributed by atoms with van der Waals surface area (Å²) in [6.07, 6.45) is 0.288. The smallest absolute Gasteiger partial charge is 0.229 e. The van der Waals surface area contributed by atoms with Crippen molar-refractivity contribution in [3.63, 3.8) is 0 Å². The molecule has 20 heavy (non-hydrogen) atoms. The van der Waals surface area contributed by atoms with Crippen LogP contribution in [0.15, 0.2) is 12.1 Å². The normalized spacial score (nSPS) is 18.3. The van der Waals surface area contributed by atoms with Crippen LogP contribution in [0.2, 0.25) is 0 Å². The largest absolute Gasteiger partial charge is 0.496 e. The molecule has 1 N–H and O–H groups in total. The van der Waals surface area contributed by atoms with E-state index in [2.05, 4.69) is 5.32 Å². The maximum absolute atomic E-state index is 12.2. The lowest BCUT2D eigenvalue weighted by Gasteiger charge is -2.14. The predicted molar refractivity (Wildman–Crippen MR) is 76.8 cm³/mol. The molecule has 1 atom stereocenters. The highest BCUT2D eigenvalue weighted by Gasteiger charge is 2.32. The number of likely N-dealkylation sites (tertiary alicyclic amines) is 1. The predicted octanol–water partition coefficient (Wildman–Crippen LogP) is 1.73. The molecule has 1 fully saturated rings. The van der Waals surface area contributed by atoms with Crippen molar-refractivity contribution in [2.45, 2.75) is 20.3 Å². The molecule has 0 radical (unpaired) electrons. The standard InChI is InChI=1S/C15H20N2O3/c1-9-5-12(6-10(2)14(9)20-4)16-15(19)11-7-13(18)17(3)8-11/h5-6,11H,7-8H2,1-4H3,(H,16,19)/t11-/m0/s1. The van der Waals surface area contributed by atoms with E-state index in [4.69, 9.17) is 4.74 Å². The van der Waals surface area contributed by atoms with E-state index in [9.17, 15) is 9.59 Å². The first-order valence-corrected chi connectivity index (χ1v) is 6.62. The highest BCUT2D eigenvalue weighted by atomic mass is 16.5. The number of ether oxygens (including phenoxy) is 1. The van der Waals surface area contributed by atoms with E-state index < -0.39 is 0 Å². The summed E-state index contributed by atoms with van der Waals surface area (Å²) < 4.78 is 5.30. The van der Waals surface area contributed by atoms with Crippen LogP contribution in [0.1, 0.15) is 17.5 Å². The zero-order chi connectivity index (χ0) is 14.9. The lowest BCUT2D eigenvalue weighted by atomic mass is 10.1. The van der Waals surface area contributed by atoms with Crippen molar-refractivity contribution in [2.24, 2.45) is 5.92 Å². The second kappa shape index (κ2) is 5.53. The minimum atomic E-state index is -0.268. The number of methoxy groups -OCH3 is 1. The molecule has 1 aromatic rings. The Hall–Kier alpha value is -2.04. The van der Waals surface area contributed by atoms with E-state index in [0.29, 0.717) is 6.54 Å². The highest BCUT2D eigenvalue weighted by Crippen LogP contribution is 2.27. The molecular weight excluding hydrogens is 256 g/mol. The Balaban J connectivity index is 2.11. The van der Waals surface area contributed by atoms with Crippen molar-refractivity contribution in [1.82, 2.24) is 4.90 Å². The average molecular weight is 276 g/mol. The van der Waals surface area contributed by atoms with Gasteiger partial charge in [0.25, 0.3) is 0 Å². The van der Waals surface area contributed by atoms with Crippen molar-refractivity contribution >= 4 is 17.5 Å². The molecule has 2 rings (SSSR count). The summed E-state index contributed by atoms with van der Waals surface area (Å²) >= 11 is 0. The number of amides is 2. The van der Waals surface area contributed by atoms with Gasteiger partial charge in [-0.05, 0) is 37.1 Å². The molecule has 0 bridgehead atoms. The highest BCUT2D eigenvalue weighted by molar-refractivity contribution is 5.97. The molecule has 1 heterocycles.